The minimum Gasteiger partial charge on any atom is -0.496 e. The molecule has 5 heteroatoms. The molecule has 0 bridgehead atoms. The van der Waals surface area contributed by atoms with Crippen molar-refractivity contribution in [3.63, 3.8) is 0 Å². The topological polar surface area (TPSA) is 67.8 Å². The first-order chi connectivity index (χ1) is 9.15. The van der Waals surface area contributed by atoms with E-state index in [0.29, 0.717) is 23.6 Å². The lowest BCUT2D eigenvalue weighted by atomic mass is 10.1. The number of aliphatic hydroxyl groups excluding tert-OH is 1. The Labute approximate surface area is 112 Å². The van der Waals surface area contributed by atoms with Crippen LogP contribution in [0, 0.1) is 5.41 Å². The van der Waals surface area contributed by atoms with Gasteiger partial charge in [-0.3, -0.25) is 4.79 Å². The number of carbonyl (C=O) groups excluding carboxylic acids is 1. The molecule has 2 N–H and O–H groups in total. The van der Waals surface area contributed by atoms with Crippen molar-refractivity contribution >= 4 is 5.91 Å². The predicted octanol–water partition coefficient (Wildman–Crippen LogP) is 1.21. The first-order valence-corrected chi connectivity index (χ1v) is 6.26. The van der Waals surface area contributed by atoms with Crippen molar-refractivity contribution in [3.8, 4) is 11.5 Å². The van der Waals surface area contributed by atoms with Crippen molar-refractivity contribution < 1.29 is 19.4 Å². The third kappa shape index (κ3) is 2.81. The Morgan fingerprint density at radius 2 is 1.89 bits per heavy atom. The van der Waals surface area contributed by atoms with Crippen LogP contribution < -0.4 is 14.8 Å². The van der Waals surface area contributed by atoms with E-state index in [-0.39, 0.29) is 17.9 Å². The van der Waals surface area contributed by atoms with Crippen molar-refractivity contribution in [1.82, 2.24) is 5.32 Å². The van der Waals surface area contributed by atoms with Gasteiger partial charge in [-0.25, -0.2) is 0 Å². The molecule has 1 aromatic rings. The van der Waals surface area contributed by atoms with E-state index in [1.165, 1.54) is 14.2 Å². The van der Waals surface area contributed by atoms with Crippen molar-refractivity contribution in [1.29, 1.82) is 0 Å². The molecule has 0 heterocycles. The molecular weight excluding hydrogens is 246 g/mol. The van der Waals surface area contributed by atoms with Gasteiger partial charge in [0.25, 0.3) is 5.91 Å². The van der Waals surface area contributed by atoms with Crippen molar-refractivity contribution in [2.75, 3.05) is 27.4 Å². The van der Waals surface area contributed by atoms with E-state index in [4.69, 9.17) is 9.47 Å². The van der Waals surface area contributed by atoms with Crippen LogP contribution in [-0.2, 0) is 0 Å². The molecule has 1 saturated carbocycles. The lowest BCUT2D eigenvalue weighted by molar-refractivity contribution is 0.0929. The molecule has 1 aliphatic carbocycles. The number of hydrogen-bond donors (Lipinski definition) is 2. The van der Waals surface area contributed by atoms with Crippen LogP contribution in [0.25, 0.3) is 0 Å². The SMILES string of the molecule is COc1cccc(OC)c1C(=O)NCC1(CO)CC1. The smallest absolute Gasteiger partial charge is 0.258 e. The summed E-state index contributed by atoms with van der Waals surface area (Å²) in [4.78, 5) is 12.2. The third-order valence-electron chi connectivity index (χ3n) is 3.57. The molecule has 104 valence electrons. The Morgan fingerprint density at radius 3 is 2.32 bits per heavy atom. The second-order valence-corrected chi connectivity index (χ2v) is 4.88. The van der Waals surface area contributed by atoms with Gasteiger partial charge in [-0.1, -0.05) is 6.07 Å². The van der Waals surface area contributed by atoms with E-state index < -0.39 is 0 Å². The second kappa shape index (κ2) is 5.48. The van der Waals surface area contributed by atoms with Crippen LogP contribution in [0.3, 0.4) is 0 Å². The molecule has 0 radical (unpaired) electrons. The summed E-state index contributed by atoms with van der Waals surface area (Å²) in [6.45, 7) is 0.583. The molecule has 1 aliphatic rings. The zero-order valence-electron chi connectivity index (χ0n) is 11.2. The maximum Gasteiger partial charge on any atom is 0.258 e. The molecule has 0 aliphatic heterocycles. The van der Waals surface area contributed by atoms with Gasteiger partial charge in [0.2, 0.25) is 0 Å². The molecule has 2 rings (SSSR count). The van der Waals surface area contributed by atoms with Gasteiger partial charge in [-0.2, -0.15) is 0 Å². The number of methoxy groups -OCH3 is 2. The number of ether oxygens (including phenoxy) is 2. The Morgan fingerprint density at radius 1 is 1.32 bits per heavy atom. The highest BCUT2D eigenvalue weighted by Gasteiger charge is 2.42. The highest BCUT2D eigenvalue weighted by atomic mass is 16.5. The monoisotopic (exact) mass is 265 g/mol. The summed E-state index contributed by atoms with van der Waals surface area (Å²) in [6, 6.07) is 5.21. The van der Waals surface area contributed by atoms with E-state index in [1.807, 2.05) is 0 Å². The van der Waals surface area contributed by atoms with E-state index in [1.54, 1.807) is 18.2 Å². The number of aliphatic hydroxyl groups is 1. The van der Waals surface area contributed by atoms with Crippen LogP contribution in [0.5, 0.6) is 11.5 Å². The molecule has 0 atom stereocenters. The van der Waals surface area contributed by atoms with E-state index >= 15 is 0 Å². The van der Waals surface area contributed by atoms with Crippen molar-refractivity contribution in [2.24, 2.45) is 5.41 Å². The minimum absolute atomic E-state index is 0.107. The van der Waals surface area contributed by atoms with Gasteiger partial charge in [0.05, 0.1) is 20.8 Å². The average Bonchev–Trinajstić information content (AvgIpc) is 3.24. The molecule has 1 fully saturated rings. The summed E-state index contributed by atoms with van der Waals surface area (Å²) in [6.07, 6.45) is 1.90. The summed E-state index contributed by atoms with van der Waals surface area (Å²) in [5.74, 6) is 0.713. The Balaban J connectivity index is 2.13. The summed E-state index contributed by atoms with van der Waals surface area (Å²) < 4.78 is 10.4. The van der Waals surface area contributed by atoms with Gasteiger partial charge in [0.15, 0.2) is 0 Å². The second-order valence-electron chi connectivity index (χ2n) is 4.88. The molecular formula is C14H19NO4. The lowest BCUT2D eigenvalue weighted by Gasteiger charge is -2.16. The number of amides is 1. The molecule has 5 nitrogen and oxygen atoms in total. The highest BCUT2D eigenvalue weighted by Crippen LogP contribution is 2.44. The fourth-order valence-electron chi connectivity index (χ4n) is 2.00. The van der Waals surface area contributed by atoms with Crippen molar-refractivity contribution in [2.45, 2.75) is 12.8 Å². The highest BCUT2D eigenvalue weighted by molar-refractivity contribution is 5.99. The Kier molecular flexibility index (Phi) is 3.95. The molecule has 1 aromatic carbocycles. The number of benzene rings is 1. The number of carbonyl (C=O) groups is 1. The molecule has 0 unspecified atom stereocenters. The first-order valence-electron chi connectivity index (χ1n) is 6.26. The molecule has 19 heavy (non-hydrogen) atoms. The van der Waals surface area contributed by atoms with E-state index in [9.17, 15) is 9.90 Å². The summed E-state index contributed by atoms with van der Waals surface area (Å²) >= 11 is 0. The van der Waals surface area contributed by atoms with Crippen LogP contribution in [-0.4, -0.2) is 38.4 Å². The van der Waals surface area contributed by atoms with Crippen molar-refractivity contribution in [3.05, 3.63) is 23.8 Å². The quantitative estimate of drug-likeness (QED) is 0.811. The predicted molar refractivity (Wildman–Crippen MR) is 70.6 cm³/mol. The van der Waals surface area contributed by atoms with Crippen LogP contribution in [0.4, 0.5) is 0 Å². The van der Waals surface area contributed by atoms with Crippen LogP contribution in [0.1, 0.15) is 23.2 Å². The average molecular weight is 265 g/mol. The largest absolute Gasteiger partial charge is 0.496 e. The number of nitrogens with one attached hydrogen (secondary N) is 1. The summed E-state index contributed by atoms with van der Waals surface area (Å²) in [5.41, 5.74) is 0.270. The summed E-state index contributed by atoms with van der Waals surface area (Å²) in [7, 11) is 3.03. The maximum atomic E-state index is 12.2. The first kappa shape index (κ1) is 13.7. The Hall–Kier alpha value is -1.75. The van der Waals surface area contributed by atoms with Gasteiger partial charge >= 0.3 is 0 Å². The fraction of sp³-hybridized carbons (Fsp3) is 0.500. The standard InChI is InChI=1S/C14H19NO4/c1-18-10-4-3-5-11(19-2)12(10)13(17)15-8-14(9-16)6-7-14/h3-5,16H,6-9H2,1-2H3,(H,15,17). The van der Waals surface area contributed by atoms with Crippen LogP contribution in [0.15, 0.2) is 18.2 Å². The van der Waals surface area contributed by atoms with Gasteiger partial charge in [-0.05, 0) is 25.0 Å². The molecule has 0 aromatic heterocycles. The van der Waals surface area contributed by atoms with E-state index in [2.05, 4.69) is 5.32 Å². The molecule has 0 spiro atoms. The van der Waals surface area contributed by atoms with Gasteiger partial charge in [0.1, 0.15) is 17.1 Å². The molecule has 0 saturated heterocycles. The fourth-order valence-corrected chi connectivity index (χ4v) is 2.00. The summed E-state index contributed by atoms with van der Waals surface area (Å²) in [5, 5.41) is 12.1. The van der Waals surface area contributed by atoms with Gasteiger partial charge in [-0.15, -0.1) is 0 Å². The van der Waals surface area contributed by atoms with Crippen LogP contribution in [0.2, 0.25) is 0 Å². The zero-order valence-corrected chi connectivity index (χ0v) is 11.2. The molecule has 1 amide bonds. The van der Waals surface area contributed by atoms with Crippen LogP contribution >= 0.6 is 0 Å². The normalized spacial score (nSPS) is 15.7. The van der Waals surface area contributed by atoms with Gasteiger partial charge < -0.3 is 19.9 Å². The Bertz CT molecular complexity index is 446. The maximum absolute atomic E-state index is 12.2. The number of hydrogen-bond acceptors (Lipinski definition) is 4. The minimum atomic E-state index is -0.242. The van der Waals surface area contributed by atoms with Gasteiger partial charge in [0, 0.05) is 12.0 Å². The zero-order chi connectivity index (χ0) is 13.9. The van der Waals surface area contributed by atoms with E-state index in [0.717, 1.165) is 12.8 Å². The lowest BCUT2D eigenvalue weighted by Crippen LogP contribution is -2.32. The third-order valence-corrected chi connectivity index (χ3v) is 3.57. The number of rotatable bonds is 6.